The lowest BCUT2D eigenvalue weighted by molar-refractivity contribution is -0.116. The number of hydrogen-bond acceptors (Lipinski definition) is 2. The Kier molecular flexibility index (Phi) is 2.46. The van der Waals surface area contributed by atoms with Crippen molar-refractivity contribution < 1.29 is 4.79 Å². The molecule has 3 heteroatoms. The number of ketones is 1. The SMILES string of the molecule is Cc1ccc(Cl)cc1N1CCC(=O)C1. The minimum atomic E-state index is 0.310. The van der Waals surface area contributed by atoms with Gasteiger partial charge in [0.2, 0.25) is 0 Å². The summed E-state index contributed by atoms with van der Waals surface area (Å²) in [4.78, 5) is 13.2. The standard InChI is InChI=1S/C11H12ClNO/c1-8-2-3-9(12)6-11(8)13-5-4-10(14)7-13/h2-3,6H,4-5,7H2,1H3. The molecule has 1 saturated heterocycles. The van der Waals surface area contributed by atoms with Crippen molar-refractivity contribution in [2.24, 2.45) is 0 Å². The second kappa shape index (κ2) is 3.62. The van der Waals surface area contributed by atoms with E-state index in [0.717, 1.165) is 17.3 Å². The molecule has 14 heavy (non-hydrogen) atoms. The third-order valence-electron chi connectivity index (χ3n) is 2.54. The molecule has 0 spiro atoms. The molecule has 0 aromatic heterocycles. The van der Waals surface area contributed by atoms with Crippen LogP contribution < -0.4 is 4.90 Å². The van der Waals surface area contributed by atoms with Crippen molar-refractivity contribution in [2.45, 2.75) is 13.3 Å². The van der Waals surface area contributed by atoms with Gasteiger partial charge in [-0.1, -0.05) is 17.7 Å². The predicted octanol–water partition coefficient (Wildman–Crippen LogP) is 2.43. The van der Waals surface area contributed by atoms with Crippen molar-refractivity contribution in [3.8, 4) is 0 Å². The van der Waals surface area contributed by atoms with Gasteiger partial charge in [0.15, 0.2) is 5.78 Å². The van der Waals surface area contributed by atoms with Crippen LogP contribution in [0, 0.1) is 6.92 Å². The van der Waals surface area contributed by atoms with E-state index in [1.54, 1.807) is 0 Å². The first-order valence-electron chi connectivity index (χ1n) is 4.69. The van der Waals surface area contributed by atoms with Crippen LogP contribution in [0.4, 0.5) is 5.69 Å². The Bertz CT molecular complexity index is 376. The van der Waals surface area contributed by atoms with Crippen molar-refractivity contribution in [2.75, 3.05) is 18.0 Å². The fourth-order valence-corrected chi connectivity index (χ4v) is 1.93. The van der Waals surface area contributed by atoms with E-state index in [9.17, 15) is 4.79 Å². The summed E-state index contributed by atoms with van der Waals surface area (Å²) in [6.07, 6.45) is 0.659. The topological polar surface area (TPSA) is 20.3 Å². The van der Waals surface area contributed by atoms with Gasteiger partial charge in [0, 0.05) is 23.7 Å². The van der Waals surface area contributed by atoms with Crippen molar-refractivity contribution in [1.82, 2.24) is 0 Å². The van der Waals surface area contributed by atoms with E-state index in [4.69, 9.17) is 11.6 Å². The Morgan fingerprint density at radius 2 is 2.21 bits per heavy atom. The largest absolute Gasteiger partial charge is 0.364 e. The zero-order valence-electron chi connectivity index (χ0n) is 8.09. The van der Waals surface area contributed by atoms with E-state index >= 15 is 0 Å². The van der Waals surface area contributed by atoms with Crippen LogP contribution in [0.25, 0.3) is 0 Å². The van der Waals surface area contributed by atoms with Crippen LogP contribution in [0.3, 0.4) is 0 Å². The lowest BCUT2D eigenvalue weighted by Crippen LogP contribution is -2.20. The first-order valence-corrected chi connectivity index (χ1v) is 5.07. The molecule has 1 fully saturated rings. The summed E-state index contributed by atoms with van der Waals surface area (Å²) >= 11 is 5.92. The van der Waals surface area contributed by atoms with Gasteiger partial charge in [0.1, 0.15) is 0 Å². The third-order valence-corrected chi connectivity index (χ3v) is 2.77. The Morgan fingerprint density at radius 1 is 1.43 bits per heavy atom. The van der Waals surface area contributed by atoms with Gasteiger partial charge in [-0.15, -0.1) is 0 Å². The molecule has 0 saturated carbocycles. The molecular formula is C11H12ClNO. The number of benzene rings is 1. The van der Waals surface area contributed by atoms with Gasteiger partial charge in [0.25, 0.3) is 0 Å². The third kappa shape index (κ3) is 1.75. The molecular weight excluding hydrogens is 198 g/mol. The summed E-state index contributed by atoms with van der Waals surface area (Å²) < 4.78 is 0. The first kappa shape index (κ1) is 9.53. The second-order valence-electron chi connectivity index (χ2n) is 3.64. The highest BCUT2D eigenvalue weighted by Gasteiger charge is 2.20. The lowest BCUT2D eigenvalue weighted by Gasteiger charge is -2.19. The highest BCUT2D eigenvalue weighted by Crippen LogP contribution is 2.26. The molecule has 0 N–H and O–H groups in total. The lowest BCUT2D eigenvalue weighted by atomic mass is 10.2. The summed E-state index contributed by atoms with van der Waals surface area (Å²) in [5.74, 6) is 0.310. The average Bonchev–Trinajstić information content (AvgIpc) is 2.56. The molecule has 0 unspecified atom stereocenters. The molecule has 2 nitrogen and oxygen atoms in total. The van der Waals surface area contributed by atoms with E-state index < -0.39 is 0 Å². The maximum Gasteiger partial charge on any atom is 0.153 e. The maximum atomic E-state index is 11.1. The van der Waals surface area contributed by atoms with Crippen molar-refractivity contribution in [3.05, 3.63) is 28.8 Å². The van der Waals surface area contributed by atoms with E-state index in [0.29, 0.717) is 18.7 Å². The number of hydrogen-bond donors (Lipinski definition) is 0. The number of aryl methyl sites for hydroxylation is 1. The summed E-state index contributed by atoms with van der Waals surface area (Å²) in [7, 11) is 0. The smallest absolute Gasteiger partial charge is 0.153 e. The predicted molar refractivity (Wildman–Crippen MR) is 58.0 cm³/mol. The van der Waals surface area contributed by atoms with Crippen LogP contribution in [-0.2, 0) is 4.79 Å². The minimum Gasteiger partial charge on any atom is -0.364 e. The van der Waals surface area contributed by atoms with Crippen LogP contribution in [0.5, 0.6) is 0 Å². The van der Waals surface area contributed by atoms with E-state index in [1.165, 1.54) is 5.56 Å². The van der Waals surface area contributed by atoms with E-state index in [2.05, 4.69) is 4.90 Å². The maximum absolute atomic E-state index is 11.1. The number of rotatable bonds is 1. The molecule has 0 bridgehead atoms. The van der Waals surface area contributed by atoms with Gasteiger partial charge in [0.05, 0.1) is 6.54 Å². The molecule has 2 rings (SSSR count). The first-order chi connectivity index (χ1) is 6.66. The molecule has 1 heterocycles. The number of anilines is 1. The monoisotopic (exact) mass is 209 g/mol. The van der Waals surface area contributed by atoms with Gasteiger partial charge in [-0.05, 0) is 24.6 Å². The summed E-state index contributed by atoms with van der Waals surface area (Å²) in [6.45, 7) is 3.38. The second-order valence-corrected chi connectivity index (χ2v) is 4.08. The van der Waals surface area contributed by atoms with E-state index in [-0.39, 0.29) is 0 Å². The van der Waals surface area contributed by atoms with Gasteiger partial charge >= 0.3 is 0 Å². The number of Topliss-reactive ketones (excluding diaryl/α,β-unsaturated/α-hetero) is 1. The van der Waals surface area contributed by atoms with Crippen molar-refractivity contribution >= 4 is 23.1 Å². The zero-order chi connectivity index (χ0) is 10.1. The van der Waals surface area contributed by atoms with Gasteiger partial charge in [-0.3, -0.25) is 4.79 Å². The fourth-order valence-electron chi connectivity index (χ4n) is 1.76. The summed E-state index contributed by atoms with van der Waals surface area (Å²) in [5.41, 5.74) is 2.26. The zero-order valence-corrected chi connectivity index (χ0v) is 8.84. The number of carbonyl (C=O) groups excluding carboxylic acids is 1. The van der Waals surface area contributed by atoms with Crippen LogP contribution in [-0.4, -0.2) is 18.9 Å². The van der Waals surface area contributed by atoms with Crippen LogP contribution in [0.1, 0.15) is 12.0 Å². The van der Waals surface area contributed by atoms with Crippen LogP contribution >= 0.6 is 11.6 Å². The molecule has 74 valence electrons. The molecule has 1 aliphatic heterocycles. The van der Waals surface area contributed by atoms with Gasteiger partial charge in [-0.25, -0.2) is 0 Å². The molecule has 0 aliphatic carbocycles. The number of carbonyl (C=O) groups is 1. The molecule has 1 aromatic rings. The summed E-state index contributed by atoms with van der Waals surface area (Å²) in [5, 5.41) is 0.727. The molecule has 1 aromatic carbocycles. The number of halogens is 1. The minimum absolute atomic E-state index is 0.310. The molecule has 1 aliphatic rings. The van der Waals surface area contributed by atoms with Crippen molar-refractivity contribution in [3.63, 3.8) is 0 Å². The highest BCUT2D eigenvalue weighted by atomic mass is 35.5. The highest BCUT2D eigenvalue weighted by molar-refractivity contribution is 6.30. The van der Waals surface area contributed by atoms with E-state index in [1.807, 2.05) is 25.1 Å². The molecule has 0 atom stereocenters. The van der Waals surface area contributed by atoms with Crippen LogP contribution in [0.2, 0.25) is 5.02 Å². The fraction of sp³-hybridized carbons (Fsp3) is 0.364. The molecule has 0 amide bonds. The summed E-state index contributed by atoms with van der Waals surface area (Å²) in [6, 6.07) is 5.79. The average molecular weight is 210 g/mol. The normalized spacial score (nSPS) is 16.4. The molecule has 0 radical (unpaired) electrons. The van der Waals surface area contributed by atoms with Crippen LogP contribution in [0.15, 0.2) is 18.2 Å². The van der Waals surface area contributed by atoms with Gasteiger partial charge in [-0.2, -0.15) is 0 Å². The quantitative estimate of drug-likeness (QED) is 0.708. The van der Waals surface area contributed by atoms with Crippen molar-refractivity contribution in [1.29, 1.82) is 0 Å². The Balaban J connectivity index is 2.31. The number of nitrogens with zero attached hydrogens (tertiary/aromatic N) is 1. The van der Waals surface area contributed by atoms with Gasteiger partial charge < -0.3 is 4.90 Å². The Hall–Kier alpha value is -1.02. The Morgan fingerprint density at radius 3 is 2.86 bits per heavy atom. The Labute approximate surface area is 88.5 Å².